The summed E-state index contributed by atoms with van der Waals surface area (Å²) in [5.74, 6) is -0.644. The van der Waals surface area contributed by atoms with Gasteiger partial charge < -0.3 is 15.1 Å². The molecule has 152 valence electrons. The molecule has 5 nitrogen and oxygen atoms in total. The first kappa shape index (κ1) is 20.6. The smallest absolute Gasteiger partial charge is 0.336 e. The molecule has 5 heteroatoms. The molecule has 0 aliphatic carbocycles. The number of aliphatic hydroxyl groups excluding tert-OH is 1. The van der Waals surface area contributed by atoms with Gasteiger partial charge in [-0.05, 0) is 42.5 Å². The molecule has 29 heavy (non-hydrogen) atoms. The summed E-state index contributed by atoms with van der Waals surface area (Å²) in [7, 11) is 1.85. The van der Waals surface area contributed by atoms with Crippen LogP contribution in [0.5, 0.6) is 0 Å². The summed E-state index contributed by atoms with van der Waals surface area (Å²) in [6.07, 6.45) is 3.50. The standard InChI is InChI=1S/C24H28N2O3/c1-4-5-10-22-21(23(27)26(3)16(2)25-22)15-17-11-13-18(14-12-17)19-8-6-7-9-20(19)24(28)29/h6-9,11-14,16,27H,4-5,10,15H2,1-3H3,(H,28,29). The molecule has 0 bridgehead atoms. The van der Waals surface area contributed by atoms with Gasteiger partial charge in [-0.3, -0.25) is 4.99 Å². The van der Waals surface area contributed by atoms with Crippen LogP contribution in [0.2, 0.25) is 0 Å². The molecule has 0 fully saturated rings. The third-order valence-electron chi connectivity index (χ3n) is 5.43. The third kappa shape index (κ3) is 4.50. The van der Waals surface area contributed by atoms with Crippen molar-refractivity contribution in [2.24, 2.45) is 4.99 Å². The Labute approximate surface area is 172 Å². The lowest BCUT2D eigenvalue weighted by Crippen LogP contribution is -2.34. The second-order valence-corrected chi connectivity index (χ2v) is 7.45. The van der Waals surface area contributed by atoms with Gasteiger partial charge in [-0.15, -0.1) is 0 Å². The maximum atomic E-state index is 11.5. The van der Waals surface area contributed by atoms with E-state index in [1.54, 1.807) is 17.0 Å². The van der Waals surface area contributed by atoms with E-state index in [1.807, 2.05) is 50.4 Å². The molecule has 0 radical (unpaired) electrons. The number of hydrogen-bond acceptors (Lipinski definition) is 4. The van der Waals surface area contributed by atoms with E-state index in [9.17, 15) is 15.0 Å². The Morgan fingerprint density at radius 1 is 1.14 bits per heavy atom. The molecule has 1 heterocycles. The summed E-state index contributed by atoms with van der Waals surface area (Å²) < 4.78 is 0. The molecule has 0 spiro atoms. The second kappa shape index (κ2) is 8.95. The van der Waals surface area contributed by atoms with Crippen LogP contribution in [0.15, 0.2) is 65.0 Å². The fourth-order valence-corrected chi connectivity index (χ4v) is 3.58. The van der Waals surface area contributed by atoms with Crippen molar-refractivity contribution in [2.45, 2.75) is 45.7 Å². The predicted molar refractivity (Wildman–Crippen MR) is 116 cm³/mol. The first-order chi connectivity index (χ1) is 13.9. The van der Waals surface area contributed by atoms with E-state index in [1.165, 1.54) is 0 Å². The summed E-state index contributed by atoms with van der Waals surface area (Å²) in [5, 5.41) is 20.2. The van der Waals surface area contributed by atoms with Crippen molar-refractivity contribution in [3.05, 3.63) is 71.1 Å². The van der Waals surface area contributed by atoms with Crippen molar-refractivity contribution in [3.63, 3.8) is 0 Å². The Balaban J connectivity index is 1.87. The quantitative estimate of drug-likeness (QED) is 0.672. The first-order valence-corrected chi connectivity index (χ1v) is 10.1. The molecule has 0 aromatic heterocycles. The normalized spacial score (nSPS) is 16.7. The minimum atomic E-state index is -0.934. The van der Waals surface area contributed by atoms with E-state index < -0.39 is 5.97 Å². The fourth-order valence-electron chi connectivity index (χ4n) is 3.58. The molecule has 0 saturated carbocycles. The first-order valence-electron chi connectivity index (χ1n) is 10.1. The van der Waals surface area contributed by atoms with Crippen molar-refractivity contribution >= 4 is 11.7 Å². The summed E-state index contributed by atoms with van der Waals surface area (Å²) in [4.78, 5) is 18.1. The molecule has 0 amide bonds. The number of aliphatic imine (C=N–C) groups is 1. The van der Waals surface area contributed by atoms with E-state index in [4.69, 9.17) is 4.99 Å². The zero-order chi connectivity index (χ0) is 21.0. The number of allylic oxidation sites excluding steroid dienone is 1. The zero-order valence-corrected chi connectivity index (χ0v) is 17.2. The van der Waals surface area contributed by atoms with Gasteiger partial charge in [-0.1, -0.05) is 55.8 Å². The van der Waals surface area contributed by atoms with E-state index in [2.05, 4.69) is 6.92 Å². The van der Waals surface area contributed by atoms with Crippen LogP contribution < -0.4 is 0 Å². The Hall–Kier alpha value is -3.08. The summed E-state index contributed by atoms with van der Waals surface area (Å²) in [6, 6.07) is 14.9. The minimum absolute atomic E-state index is 0.0690. The van der Waals surface area contributed by atoms with Crippen LogP contribution in [0.25, 0.3) is 11.1 Å². The maximum Gasteiger partial charge on any atom is 0.336 e. The molecule has 2 N–H and O–H groups in total. The van der Waals surface area contributed by atoms with Crippen molar-refractivity contribution in [1.82, 2.24) is 4.90 Å². The molecule has 2 aromatic rings. The molecule has 1 unspecified atom stereocenters. The van der Waals surface area contributed by atoms with Gasteiger partial charge in [-0.25, -0.2) is 4.79 Å². The molecule has 3 rings (SSSR count). The van der Waals surface area contributed by atoms with Crippen LogP contribution in [-0.4, -0.2) is 40.0 Å². The van der Waals surface area contributed by atoms with Crippen molar-refractivity contribution in [2.75, 3.05) is 7.05 Å². The van der Waals surface area contributed by atoms with Crippen LogP contribution in [-0.2, 0) is 6.42 Å². The van der Waals surface area contributed by atoms with Crippen LogP contribution in [0.1, 0.15) is 49.0 Å². The lowest BCUT2D eigenvalue weighted by molar-refractivity contribution is 0.0697. The van der Waals surface area contributed by atoms with E-state index in [0.29, 0.717) is 17.9 Å². The lowest BCUT2D eigenvalue weighted by Gasteiger charge is -2.31. The summed E-state index contributed by atoms with van der Waals surface area (Å²) in [5.41, 5.74) is 4.75. The highest BCUT2D eigenvalue weighted by Crippen LogP contribution is 2.27. The van der Waals surface area contributed by atoms with Gasteiger partial charge in [0.2, 0.25) is 0 Å². The van der Waals surface area contributed by atoms with Gasteiger partial charge in [-0.2, -0.15) is 0 Å². The number of nitrogens with zero attached hydrogens (tertiary/aromatic N) is 2. The topological polar surface area (TPSA) is 73.1 Å². The predicted octanol–water partition coefficient (Wildman–Crippen LogP) is 5.29. The number of aliphatic hydroxyl groups is 1. The zero-order valence-electron chi connectivity index (χ0n) is 17.2. The number of unbranched alkanes of at least 4 members (excludes halogenated alkanes) is 1. The van der Waals surface area contributed by atoms with Crippen molar-refractivity contribution in [1.29, 1.82) is 0 Å². The molecule has 0 saturated heterocycles. The van der Waals surface area contributed by atoms with Gasteiger partial charge in [0, 0.05) is 24.8 Å². The molecule has 1 aliphatic rings. The van der Waals surface area contributed by atoms with E-state index in [0.717, 1.165) is 41.7 Å². The van der Waals surface area contributed by atoms with E-state index >= 15 is 0 Å². The average Bonchev–Trinajstić information content (AvgIpc) is 2.73. The highest BCUT2D eigenvalue weighted by molar-refractivity contribution is 6.01. The average molecular weight is 392 g/mol. The third-order valence-corrected chi connectivity index (χ3v) is 5.43. The largest absolute Gasteiger partial charge is 0.494 e. The van der Waals surface area contributed by atoms with E-state index in [-0.39, 0.29) is 11.7 Å². The fraction of sp³-hybridized carbons (Fsp3) is 0.333. The van der Waals surface area contributed by atoms with Crippen molar-refractivity contribution < 1.29 is 15.0 Å². The van der Waals surface area contributed by atoms with Crippen molar-refractivity contribution in [3.8, 4) is 11.1 Å². The Kier molecular flexibility index (Phi) is 6.37. The monoisotopic (exact) mass is 392 g/mol. The van der Waals surface area contributed by atoms with Crippen LogP contribution in [0, 0.1) is 0 Å². The molecule has 1 atom stereocenters. The van der Waals surface area contributed by atoms with Crippen LogP contribution in [0.4, 0.5) is 0 Å². The summed E-state index contributed by atoms with van der Waals surface area (Å²) in [6.45, 7) is 4.13. The molecule has 1 aliphatic heterocycles. The number of carboxylic acid groups (broad SMARTS) is 1. The Morgan fingerprint density at radius 3 is 2.48 bits per heavy atom. The number of hydrogen-bond donors (Lipinski definition) is 2. The number of carboxylic acids is 1. The number of rotatable bonds is 7. The van der Waals surface area contributed by atoms with Crippen LogP contribution in [0.3, 0.4) is 0 Å². The highest BCUT2D eigenvalue weighted by atomic mass is 16.4. The maximum absolute atomic E-state index is 11.5. The Bertz CT molecular complexity index is 945. The molecular formula is C24H28N2O3. The number of aromatic carboxylic acids is 1. The Morgan fingerprint density at radius 2 is 1.83 bits per heavy atom. The lowest BCUT2D eigenvalue weighted by atomic mass is 9.94. The van der Waals surface area contributed by atoms with Gasteiger partial charge in [0.1, 0.15) is 6.17 Å². The van der Waals surface area contributed by atoms with Gasteiger partial charge in [0.25, 0.3) is 0 Å². The SMILES string of the molecule is CCCCC1=NC(C)N(C)C(O)=C1Cc1ccc(-c2ccccc2C(=O)O)cc1. The number of carbonyl (C=O) groups is 1. The second-order valence-electron chi connectivity index (χ2n) is 7.45. The van der Waals surface area contributed by atoms with Crippen LogP contribution >= 0.6 is 0 Å². The van der Waals surface area contributed by atoms with Gasteiger partial charge in [0.05, 0.1) is 5.56 Å². The van der Waals surface area contributed by atoms with Gasteiger partial charge >= 0.3 is 5.97 Å². The molecular weight excluding hydrogens is 364 g/mol. The number of benzene rings is 2. The minimum Gasteiger partial charge on any atom is -0.494 e. The molecule has 2 aromatic carbocycles. The van der Waals surface area contributed by atoms with Gasteiger partial charge in [0.15, 0.2) is 5.88 Å². The highest BCUT2D eigenvalue weighted by Gasteiger charge is 2.25. The summed E-state index contributed by atoms with van der Waals surface area (Å²) >= 11 is 0.